The van der Waals surface area contributed by atoms with Gasteiger partial charge in [-0.05, 0) is 17.3 Å². The van der Waals surface area contributed by atoms with Crippen molar-refractivity contribution in [2.24, 2.45) is 0 Å². The molecule has 0 aliphatic carbocycles. The highest BCUT2D eigenvalue weighted by molar-refractivity contribution is 5.77. The molecule has 5 rings (SSSR count). The number of hydrogen-bond donors (Lipinski definition) is 3. The Morgan fingerprint density at radius 1 is 1.11 bits per heavy atom. The number of imidazole rings is 1. The number of para-hydroxylation sites is 1. The summed E-state index contributed by atoms with van der Waals surface area (Å²) in [6.45, 7) is -0.427. The maximum absolute atomic E-state index is 10.3. The van der Waals surface area contributed by atoms with Crippen molar-refractivity contribution in [2.45, 2.75) is 24.5 Å². The minimum absolute atomic E-state index is 0.131. The van der Waals surface area contributed by atoms with Crippen LogP contribution in [-0.2, 0) is 4.74 Å². The normalized spacial score (nSPS) is 25.0. The number of nitrogens with zero attached hydrogens (tertiary/aromatic N) is 7. The van der Waals surface area contributed by atoms with E-state index in [0.29, 0.717) is 22.2 Å². The Kier molecular flexibility index (Phi) is 3.91. The minimum atomic E-state index is -1.26. The van der Waals surface area contributed by atoms with Gasteiger partial charge in [0.15, 0.2) is 17.4 Å². The van der Waals surface area contributed by atoms with Gasteiger partial charge in [-0.15, -0.1) is 5.10 Å². The number of aliphatic hydroxyl groups is 3. The third-order valence-corrected chi connectivity index (χ3v) is 4.61. The largest absolute Gasteiger partial charge is 0.394 e. The first kappa shape index (κ1) is 16.9. The van der Waals surface area contributed by atoms with Crippen molar-refractivity contribution in [1.82, 2.24) is 34.7 Å². The molecule has 1 aromatic carbocycles. The van der Waals surface area contributed by atoms with Crippen LogP contribution in [0.2, 0.25) is 0 Å². The zero-order chi connectivity index (χ0) is 19.3. The smallest absolute Gasteiger partial charge is 0.280 e. The van der Waals surface area contributed by atoms with Crippen molar-refractivity contribution in [1.29, 1.82) is 0 Å². The van der Waals surface area contributed by atoms with Gasteiger partial charge in [-0.25, -0.2) is 9.97 Å². The van der Waals surface area contributed by atoms with Gasteiger partial charge >= 0.3 is 0 Å². The number of fused-ring (bicyclic) bond motifs is 2. The van der Waals surface area contributed by atoms with E-state index in [9.17, 15) is 15.3 Å². The summed E-state index contributed by atoms with van der Waals surface area (Å²) in [5.41, 5.74) is 1.94. The lowest BCUT2D eigenvalue weighted by Gasteiger charge is -2.16. The minimum Gasteiger partial charge on any atom is -0.394 e. The van der Waals surface area contributed by atoms with Crippen LogP contribution < -0.4 is 4.84 Å². The van der Waals surface area contributed by atoms with Crippen molar-refractivity contribution in [3.63, 3.8) is 0 Å². The van der Waals surface area contributed by atoms with Crippen LogP contribution in [0.3, 0.4) is 0 Å². The number of rotatable bonds is 4. The fraction of sp³-hybridized carbons (Fsp3) is 0.312. The molecule has 4 aromatic rings. The Hall–Kier alpha value is -3.19. The van der Waals surface area contributed by atoms with Gasteiger partial charge in [-0.2, -0.15) is 4.98 Å². The summed E-state index contributed by atoms with van der Waals surface area (Å²) < 4.78 is 6.99. The maximum Gasteiger partial charge on any atom is 0.280 e. The van der Waals surface area contributed by atoms with E-state index < -0.39 is 31.1 Å². The number of aromatic nitrogens is 7. The predicted molar refractivity (Wildman–Crippen MR) is 91.9 cm³/mol. The molecule has 1 aliphatic heterocycles. The predicted octanol–water partition coefficient (Wildman–Crippen LogP) is -0.975. The van der Waals surface area contributed by atoms with Crippen LogP contribution >= 0.6 is 0 Å². The van der Waals surface area contributed by atoms with Crippen LogP contribution in [0, 0.1) is 0 Å². The second-order valence-electron chi connectivity index (χ2n) is 6.27. The van der Waals surface area contributed by atoms with Crippen molar-refractivity contribution in [3.05, 3.63) is 36.9 Å². The SMILES string of the molecule is OC[C@H]1O[C@@H](n2cnc3c(On4nnc5ccccc54)ncnc32)C(O)C1O. The van der Waals surface area contributed by atoms with Gasteiger partial charge in [-0.1, -0.05) is 17.0 Å². The summed E-state index contributed by atoms with van der Waals surface area (Å²) in [5.74, 6) is 0.131. The van der Waals surface area contributed by atoms with Crippen molar-refractivity contribution >= 4 is 22.2 Å². The highest BCUT2D eigenvalue weighted by Gasteiger charge is 2.44. The Morgan fingerprint density at radius 2 is 1.96 bits per heavy atom. The third-order valence-electron chi connectivity index (χ3n) is 4.61. The van der Waals surface area contributed by atoms with E-state index in [4.69, 9.17) is 9.57 Å². The number of benzene rings is 1. The average Bonchev–Trinajstić information content (AvgIpc) is 3.40. The van der Waals surface area contributed by atoms with Gasteiger partial charge in [0.1, 0.15) is 35.7 Å². The summed E-state index contributed by atoms with van der Waals surface area (Å²) in [5, 5.41) is 37.5. The molecule has 4 atom stereocenters. The van der Waals surface area contributed by atoms with Gasteiger partial charge < -0.3 is 24.9 Å². The topological polar surface area (TPSA) is 153 Å². The first-order valence-electron chi connectivity index (χ1n) is 8.46. The van der Waals surface area contributed by atoms with E-state index >= 15 is 0 Å². The second-order valence-corrected chi connectivity index (χ2v) is 6.27. The molecule has 12 heteroatoms. The van der Waals surface area contributed by atoms with Crippen molar-refractivity contribution < 1.29 is 24.9 Å². The zero-order valence-corrected chi connectivity index (χ0v) is 14.3. The van der Waals surface area contributed by atoms with E-state index in [1.165, 1.54) is 22.1 Å². The Labute approximate surface area is 156 Å². The molecule has 0 radical (unpaired) electrons. The summed E-state index contributed by atoms with van der Waals surface area (Å²) in [7, 11) is 0. The van der Waals surface area contributed by atoms with Gasteiger partial charge in [0, 0.05) is 0 Å². The van der Waals surface area contributed by atoms with Gasteiger partial charge in [0.05, 0.1) is 12.9 Å². The highest BCUT2D eigenvalue weighted by Crippen LogP contribution is 2.32. The first-order chi connectivity index (χ1) is 13.7. The lowest BCUT2D eigenvalue weighted by molar-refractivity contribution is -0.0511. The lowest BCUT2D eigenvalue weighted by atomic mass is 10.1. The van der Waals surface area contributed by atoms with Crippen LogP contribution in [0.4, 0.5) is 0 Å². The highest BCUT2D eigenvalue weighted by atomic mass is 16.7. The quantitative estimate of drug-likeness (QED) is 0.399. The Bertz CT molecular complexity index is 1140. The van der Waals surface area contributed by atoms with Gasteiger partial charge in [0.2, 0.25) is 0 Å². The lowest BCUT2D eigenvalue weighted by Crippen LogP contribution is -2.33. The number of hydrogen-bond acceptors (Lipinski definition) is 10. The molecule has 1 aliphatic rings. The van der Waals surface area contributed by atoms with E-state index in [2.05, 4.69) is 25.3 Å². The average molecular weight is 385 g/mol. The Morgan fingerprint density at radius 3 is 2.79 bits per heavy atom. The number of aliphatic hydroxyl groups excluding tert-OH is 3. The summed E-state index contributed by atoms with van der Waals surface area (Å²) in [6, 6.07) is 7.27. The molecule has 0 saturated carbocycles. The molecule has 3 aromatic heterocycles. The summed E-state index contributed by atoms with van der Waals surface area (Å²) in [6.07, 6.45) is -1.69. The molecule has 2 unspecified atom stereocenters. The van der Waals surface area contributed by atoms with E-state index in [-0.39, 0.29) is 5.88 Å². The second kappa shape index (κ2) is 6.45. The zero-order valence-electron chi connectivity index (χ0n) is 14.3. The van der Waals surface area contributed by atoms with Gasteiger partial charge in [0.25, 0.3) is 5.88 Å². The molecule has 0 amide bonds. The first-order valence-corrected chi connectivity index (χ1v) is 8.46. The van der Waals surface area contributed by atoms with Crippen LogP contribution in [0.5, 0.6) is 5.88 Å². The molecular weight excluding hydrogens is 370 g/mol. The standard InChI is InChI=1S/C16H15N7O5/c24-5-10-12(25)13(26)16(27-10)22-7-19-11-14(22)17-6-18-15(11)28-23-9-4-2-1-3-8(9)20-21-23/h1-4,6-7,10,12-13,16,24-26H,5H2/t10-,12?,13?,16-/m1/s1. The molecule has 12 nitrogen and oxygen atoms in total. The molecule has 144 valence electrons. The molecule has 1 saturated heterocycles. The fourth-order valence-corrected chi connectivity index (χ4v) is 3.19. The maximum atomic E-state index is 10.3. The molecule has 28 heavy (non-hydrogen) atoms. The molecule has 4 heterocycles. The van der Waals surface area contributed by atoms with Crippen molar-refractivity contribution in [2.75, 3.05) is 6.61 Å². The molecule has 0 bridgehead atoms. The van der Waals surface area contributed by atoms with E-state index in [1.807, 2.05) is 12.1 Å². The Balaban J connectivity index is 1.53. The van der Waals surface area contributed by atoms with E-state index in [1.54, 1.807) is 12.1 Å². The fourth-order valence-electron chi connectivity index (χ4n) is 3.19. The molecule has 1 fully saturated rings. The molecule has 3 N–H and O–H groups in total. The van der Waals surface area contributed by atoms with Crippen molar-refractivity contribution in [3.8, 4) is 5.88 Å². The summed E-state index contributed by atoms with van der Waals surface area (Å²) in [4.78, 5) is 19.5. The van der Waals surface area contributed by atoms with Crippen LogP contribution in [0.1, 0.15) is 6.23 Å². The molecular formula is C16H15N7O5. The van der Waals surface area contributed by atoms with Crippen LogP contribution in [0.25, 0.3) is 22.2 Å². The molecule has 0 spiro atoms. The van der Waals surface area contributed by atoms with E-state index in [0.717, 1.165) is 0 Å². The third kappa shape index (κ3) is 2.51. The monoisotopic (exact) mass is 385 g/mol. The van der Waals surface area contributed by atoms with Crippen LogP contribution in [0.15, 0.2) is 36.9 Å². The summed E-state index contributed by atoms with van der Waals surface area (Å²) >= 11 is 0. The number of ether oxygens (including phenoxy) is 1. The van der Waals surface area contributed by atoms with Crippen LogP contribution in [-0.4, -0.2) is 74.9 Å². The van der Waals surface area contributed by atoms with Gasteiger partial charge in [-0.3, -0.25) is 4.57 Å².